The number of hydrogen-bond acceptors (Lipinski definition) is 11. The van der Waals surface area contributed by atoms with Crippen LogP contribution in [0.4, 0.5) is 5.95 Å². The Morgan fingerprint density at radius 1 is 1.09 bits per heavy atom. The fraction of sp³-hybridized carbons (Fsp3) is 0.429. The van der Waals surface area contributed by atoms with Crippen LogP contribution in [-0.2, 0) is 19.1 Å². The third-order valence-electron chi connectivity index (χ3n) is 4.91. The van der Waals surface area contributed by atoms with Gasteiger partial charge in [0, 0.05) is 17.3 Å². The molecule has 0 bridgehead atoms. The lowest BCUT2D eigenvalue weighted by Gasteiger charge is -2.29. The lowest BCUT2D eigenvalue weighted by Crippen LogP contribution is -2.30. The lowest BCUT2D eigenvalue weighted by atomic mass is 9.94. The van der Waals surface area contributed by atoms with Crippen molar-refractivity contribution in [3.05, 3.63) is 29.0 Å². The zero-order valence-corrected chi connectivity index (χ0v) is 20.1. The molecule has 1 N–H and O–H groups in total. The summed E-state index contributed by atoms with van der Waals surface area (Å²) in [7, 11) is 5.88. The zero-order chi connectivity index (χ0) is 24.1. The molecule has 11 nitrogen and oxygen atoms in total. The van der Waals surface area contributed by atoms with Crippen molar-refractivity contribution in [3.8, 4) is 17.2 Å². The maximum absolute atomic E-state index is 13.0. The predicted molar refractivity (Wildman–Crippen MR) is 120 cm³/mol. The number of allylic oxidation sites excluding steroid dienone is 1. The standard InChI is InChI=1S/C21H26N4O7S/c1-7-32-19(27)17-11(2)22-20-23-21(33-10-16(26)31-6)24-25(20)18(17)12-8-14(29-4)15(30-5)9-13(12)28-3/h8-9,18H,7,10H2,1-6H3,(H,22,23,24)/t18-/m1/s1. The highest BCUT2D eigenvalue weighted by atomic mass is 32.2. The first kappa shape index (κ1) is 24.2. The number of fused-ring (bicyclic) bond motifs is 1. The Labute approximate surface area is 195 Å². The molecule has 2 aromatic rings. The van der Waals surface area contributed by atoms with E-state index < -0.39 is 18.0 Å². The summed E-state index contributed by atoms with van der Waals surface area (Å²) in [6.45, 7) is 3.69. The number of benzene rings is 1. The van der Waals surface area contributed by atoms with Crippen molar-refractivity contribution in [1.82, 2.24) is 14.8 Å². The zero-order valence-electron chi connectivity index (χ0n) is 19.3. The molecule has 0 spiro atoms. The second kappa shape index (κ2) is 10.5. The maximum Gasteiger partial charge on any atom is 0.338 e. The van der Waals surface area contributed by atoms with Gasteiger partial charge in [-0.05, 0) is 19.9 Å². The lowest BCUT2D eigenvalue weighted by molar-refractivity contribution is -0.139. The van der Waals surface area contributed by atoms with E-state index >= 15 is 0 Å². The van der Waals surface area contributed by atoms with E-state index in [9.17, 15) is 9.59 Å². The number of anilines is 1. The van der Waals surface area contributed by atoms with Gasteiger partial charge in [-0.25, -0.2) is 9.48 Å². The molecular formula is C21H26N4O7S. The quantitative estimate of drug-likeness (QED) is 0.422. The fourth-order valence-corrected chi connectivity index (χ4v) is 4.06. The minimum absolute atomic E-state index is 0.0431. The summed E-state index contributed by atoms with van der Waals surface area (Å²) in [6.07, 6.45) is 0. The molecule has 1 aliphatic rings. The van der Waals surface area contributed by atoms with Crippen LogP contribution in [0.15, 0.2) is 28.6 Å². The molecular weight excluding hydrogens is 452 g/mol. The van der Waals surface area contributed by atoms with Gasteiger partial charge in [0.25, 0.3) is 0 Å². The summed E-state index contributed by atoms with van der Waals surface area (Å²) in [5.74, 6) is 0.915. The van der Waals surface area contributed by atoms with Crippen molar-refractivity contribution in [1.29, 1.82) is 0 Å². The van der Waals surface area contributed by atoms with Crippen LogP contribution < -0.4 is 19.5 Å². The first-order valence-electron chi connectivity index (χ1n) is 9.99. The van der Waals surface area contributed by atoms with Crippen molar-refractivity contribution >= 4 is 29.6 Å². The van der Waals surface area contributed by atoms with E-state index in [1.807, 2.05) is 0 Å². The third kappa shape index (κ3) is 4.85. The smallest absolute Gasteiger partial charge is 0.338 e. The highest BCUT2D eigenvalue weighted by molar-refractivity contribution is 7.99. The number of thioether (sulfide) groups is 1. The Morgan fingerprint density at radius 3 is 2.36 bits per heavy atom. The normalized spacial score (nSPS) is 14.8. The summed E-state index contributed by atoms with van der Waals surface area (Å²) >= 11 is 1.12. The number of carbonyl (C=O) groups is 2. The number of hydrogen-bond donors (Lipinski definition) is 1. The number of ether oxygens (including phenoxy) is 5. The van der Waals surface area contributed by atoms with Crippen LogP contribution in [0.2, 0.25) is 0 Å². The van der Waals surface area contributed by atoms with Gasteiger partial charge < -0.3 is 29.0 Å². The van der Waals surface area contributed by atoms with E-state index in [0.717, 1.165) is 11.8 Å². The maximum atomic E-state index is 13.0. The van der Waals surface area contributed by atoms with E-state index in [-0.39, 0.29) is 12.4 Å². The van der Waals surface area contributed by atoms with Crippen LogP contribution in [0.25, 0.3) is 0 Å². The van der Waals surface area contributed by atoms with Crippen LogP contribution in [0.1, 0.15) is 25.5 Å². The van der Waals surface area contributed by atoms with E-state index in [0.29, 0.717) is 45.2 Å². The molecule has 0 radical (unpaired) electrons. The molecule has 3 rings (SSSR count). The van der Waals surface area contributed by atoms with Gasteiger partial charge in [-0.1, -0.05) is 11.8 Å². The summed E-state index contributed by atoms with van der Waals surface area (Å²) in [6, 6.07) is 2.67. The SMILES string of the molecule is CCOC(=O)C1=C(C)Nc2nc(SCC(=O)OC)nn2[C@@H]1c1cc(OC)c(OC)cc1OC. The number of esters is 2. The largest absolute Gasteiger partial charge is 0.496 e. The van der Waals surface area contributed by atoms with Gasteiger partial charge in [0.15, 0.2) is 11.5 Å². The van der Waals surface area contributed by atoms with Crippen LogP contribution in [0.5, 0.6) is 17.2 Å². The molecule has 12 heteroatoms. The number of aromatic nitrogens is 3. The topological polar surface area (TPSA) is 123 Å². The minimum atomic E-state index is -0.741. The minimum Gasteiger partial charge on any atom is -0.496 e. The molecule has 1 aromatic heterocycles. The van der Waals surface area contributed by atoms with Crippen molar-refractivity contribution < 1.29 is 33.3 Å². The second-order valence-electron chi connectivity index (χ2n) is 6.76. The molecule has 0 unspecified atom stereocenters. The van der Waals surface area contributed by atoms with Gasteiger partial charge in [0.1, 0.15) is 11.8 Å². The molecule has 0 amide bonds. The molecule has 1 atom stereocenters. The molecule has 178 valence electrons. The summed E-state index contributed by atoms with van der Waals surface area (Å²) in [5, 5.41) is 7.98. The molecule has 2 heterocycles. The Hall–Kier alpha value is -3.41. The van der Waals surface area contributed by atoms with E-state index in [2.05, 4.69) is 20.1 Å². The number of nitrogens with zero attached hydrogens (tertiary/aromatic N) is 3. The van der Waals surface area contributed by atoms with Gasteiger partial charge >= 0.3 is 11.9 Å². The van der Waals surface area contributed by atoms with Gasteiger partial charge in [-0.15, -0.1) is 5.10 Å². The van der Waals surface area contributed by atoms with Crippen LogP contribution in [-0.4, -0.2) is 67.5 Å². The highest BCUT2D eigenvalue weighted by Gasteiger charge is 2.37. The van der Waals surface area contributed by atoms with Gasteiger partial charge in [-0.3, -0.25) is 4.79 Å². The van der Waals surface area contributed by atoms with E-state index in [4.69, 9.17) is 18.9 Å². The van der Waals surface area contributed by atoms with Gasteiger partial charge in [-0.2, -0.15) is 4.98 Å². The number of nitrogens with one attached hydrogen (secondary N) is 1. The van der Waals surface area contributed by atoms with Crippen molar-refractivity contribution in [2.45, 2.75) is 25.0 Å². The third-order valence-corrected chi connectivity index (χ3v) is 5.72. The Bertz CT molecular complexity index is 1080. The molecule has 1 aliphatic heterocycles. The highest BCUT2D eigenvalue weighted by Crippen LogP contribution is 2.44. The molecule has 0 aliphatic carbocycles. The molecule has 33 heavy (non-hydrogen) atoms. The number of carbonyl (C=O) groups excluding carboxylic acids is 2. The van der Waals surface area contributed by atoms with Crippen LogP contribution in [0, 0.1) is 0 Å². The fourth-order valence-electron chi connectivity index (χ4n) is 3.40. The number of rotatable bonds is 9. The van der Waals surface area contributed by atoms with Crippen LogP contribution in [0.3, 0.4) is 0 Å². The Morgan fingerprint density at radius 2 is 1.76 bits per heavy atom. The van der Waals surface area contributed by atoms with Crippen molar-refractivity contribution in [2.24, 2.45) is 0 Å². The Kier molecular flexibility index (Phi) is 7.69. The molecule has 0 saturated carbocycles. The van der Waals surface area contributed by atoms with E-state index in [1.165, 1.54) is 28.4 Å². The predicted octanol–water partition coefficient (Wildman–Crippen LogP) is 2.42. The van der Waals surface area contributed by atoms with Gasteiger partial charge in [0.05, 0.1) is 46.4 Å². The first-order chi connectivity index (χ1) is 15.9. The van der Waals surface area contributed by atoms with Crippen molar-refractivity contribution in [3.63, 3.8) is 0 Å². The molecule has 0 saturated heterocycles. The monoisotopic (exact) mass is 478 g/mol. The first-order valence-corrected chi connectivity index (χ1v) is 11.0. The molecule has 1 aromatic carbocycles. The average molecular weight is 479 g/mol. The second-order valence-corrected chi connectivity index (χ2v) is 7.71. The van der Waals surface area contributed by atoms with Crippen molar-refractivity contribution in [2.75, 3.05) is 46.1 Å². The summed E-state index contributed by atoms with van der Waals surface area (Å²) in [5.41, 5.74) is 1.48. The Balaban J connectivity index is 2.18. The summed E-state index contributed by atoms with van der Waals surface area (Å²) < 4.78 is 28.1. The summed E-state index contributed by atoms with van der Waals surface area (Å²) in [4.78, 5) is 29.0. The van der Waals surface area contributed by atoms with Crippen LogP contribution >= 0.6 is 11.8 Å². The van der Waals surface area contributed by atoms with E-state index in [1.54, 1.807) is 30.7 Å². The average Bonchev–Trinajstić information content (AvgIpc) is 3.23. The molecule has 0 fully saturated rings. The van der Waals surface area contributed by atoms with Gasteiger partial charge in [0.2, 0.25) is 11.1 Å². The number of methoxy groups -OCH3 is 4.